The van der Waals surface area contributed by atoms with Crippen LogP contribution in [0.25, 0.3) is 4.96 Å². The highest BCUT2D eigenvalue weighted by Gasteiger charge is 2.18. The molecule has 0 saturated heterocycles. The number of nitrogens with one attached hydrogen (secondary N) is 2. The molecule has 24 heavy (non-hydrogen) atoms. The van der Waals surface area contributed by atoms with Crippen molar-refractivity contribution < 1.29 is 4.79 Å². The van der Waals surface area contributed by atoms with Crippen molar-refractivity contribution in [1.82, 2.24) is 24.7 Å². The minimum absolute atomic E-state index is 0.134. The Bertz CT molecular complexity index is 903. The summed E-state index contributed by atoms with van der Waals surface area (Å²) < 4.78 is 1.95. The fourth-order valence-corrected chi connectivity index (χ4v) is 2.99. The number of aromatic nitrogens is 4. The fourth-order valence-electron chi connectivity index (χ4n) is 2.27. The van der Waals surface area contributed by atoms with Gasteiger partial charge in [0.15, 0.2) is 4.96 Å². The van der Waals surface area contributed by atoms with Crippen LogP contribution in [0.2, 0.25) is 0 Å². The van der Waals surface area contributed by atoms with Crippen LogP contribution < -0.4 is 11.0 Å². The maximum absolute atomic E-state index is 12.2. The Labute approximate surface area is 142 Å². The van der Waals surface area contributed by atoms with Crippen LogP contribution in [-0.4, -0.2) is 31.8 Å². The first kappa shape index (κ1) is 16.4. The molecule has 0 fully saturated rings. The lowest BCUT2D eigenvalue weighted by Crippen LogP contribution is -2.31. The van der Waals surface area contributed by atoms with E-state index in [0.29, 0.717) is 18.7 Å². The van der Waals surface area contributed by atoms with Gasteiger partial charge in [-0.25, -0.2) is 9.78 Å². The number of rotatable bonds is 4. The summed E-state index contributed by atoms with van der Waals surface area (Å²) in [6.07, 6.45) is 4.51. The molecule has 3 aromatic rings. The van der Waals surface area contributed by atoms with E-state index in [1.807, 2.05) is 42.9 Å². The molecule has 3 heterocycles. The van der Waals surface area contributed by atoms with Crippen LogP contribution in [0.5, 0.6) is 0 Å². The lowest BCUT2D eigenvalue weighted by atomic mass is 9.91. The van der Waals surface area contributed by atoms with Crippen molar-refractivity contribution in [2.75, 3.05) is 6.54 Å². The molecular weight excluding hydrogens is 326 g/mol. The molecule has 0 aliphatic rings. The lowest BCUT2D eigenvalue weighted by Gasteiger charge is -2.18. The lowest BCUT2D eigenvalue weighted by molar-refractivity contribution is 0.0948. The normalized spacial score (nSPS) is 11.8. The first-order valence-electron chi connectivity index (χ1n) is 7.64. The Morgan fingerprint density at radius 3 is 2.88 bits per heavy atom. The third-order valence-electron chi connectivity index (χ3n) is 3.60. The number of fused-ring (bicyclic) bond motifs is 1. The van der Waals surface area contributed by atoms with Crippen molar-refractivity contribution >= 4 is 22.2 Å². The molecule has 7 nitrogen and oxygen atoms in total. The largest absolute Gasteiger partial charge is 0.350 e. The molecule has 2 N–H and O–H groups in total. The van der Waals surface area contributed by atoms with Crippen molar-refractivity contribution in [2.24, 2.45) is 0 Å². The molecule has 0 spiro atoms. The van der Waals surface area contributed by atoms with E-state index in [-0.39, 0.29) is 17.0 Å². The number of aromatic amines is 1. The Hall–Kier alpha value is -2.48. The number of H-pyrrole nitrogens is 1. The van der Waals surface area contributed by atoms with E-state index in [9.17, 15) is 9.59 Å². The van der Waals surface area contributed by atoms with Gasteiger partial charge in [0.2, 0.25) is 0 Å². The number of carbonyl (C=O) groups is 1. The highest BCUT2D eigenvalue weighted by Crippen LogP contribution is 2.18. The van der Waals surface area contributed by atoms with Crippen molar-refractivity contribution in [2.45, 2.75) is 32.6 Å². The number of imidazole rings is 1. The zero-order valence-corrected chi connectivity index (χ0v) is 14.6. The Morgan fingerprint density at radius 1 is 1.38 bits per heavy atom. The molecule has 126 valence electrons. The van der Waals surface area contributed by atoms with Gasteiger partial charge in [-0.15, -0.1) is 11.3 Å². The topological polar surface area (TPSA) is 92.2 Å². The summed E-state index contributed by atoms with van der Waals surface area (Å²) in [5, 5.41) is 4.76. The predicted octanol–water partition coefficient (Wildman–Crippen LogP) is 1.75. The Kier molecular flexibility index (Phi) is 4.23. The van der Waals surface area contributed by atoms with Gasteiger partial charge in [-0.2, -0.15) is 4.98 Å². The van der Waals surface area contributed by atoms with Crippen LogP contribution in [0.4, 0.5) is 0 Å². The van der Waals surface area contributed by atoms with Crippen LogP contribution in [0, 0.1) is 0 Å². The highest BCUT2D eigenvalue weighted by atomic mass is 32.1. The minimum Gasteiger partial charge on any atom is -0.350 e. The highest BCUT2D eigenvalue weighted by molar-refractivity contribution is 7.15. The Morgan fingerprint density at radius 2 is 2.17 bits per heavy atom. The van der Waals surface area contributed by atoms with Gasteiger partial charge < -0.3 is 10.3 Å². The summed E-state index contributed by atoms with van der Waals surface area (Å²) in [6, 6.07) is 1.63. The average molecular weight is 345 g/mol. The number of carbonyl (C=O) groups excluding carboxylic acids is 1. The van der Waals surface area contributed by atoms with Gasteiger partial charge in [0.1, 0.15) is 5.69 Å². The van der Waals surface area contributed by atoms with Crippen LogP contribution in [-0.2, 0) is 11.8 Å². The fraction of sp³-hybridized carbons (Fsp3) is 0.375. The number of nitrogens with zero attached hydrogens (tertiary/aromatic N) is 3. The number of hydrogen-bond acceptors (Lipinski definition) is 5. The first-order valence-corrected chi connectivity index (χ1v) is 8.52. The second-order valence-corrected chi connectivity index (χ2v) is 7.44. The summed E-state index contributed by atoms with van der Waals surface area (Å²) in [7, 11) is 0. The zero-order valence-electron chi connectivity index (χ0n) is 13.8. The van der Waals surface area contributed by atoms with E-state index in [1.165, 1.54) is 0 Å². The van der Waals surface area contributed by atoms with Gasteiger partial charge in [0, 0.05) is 41.8 Å². The maximum atomic E-state index is 12.2. The molecular formula is C16H19N5O2S. The molecule has 0 saturated carbocycles. The van der Waals surface area contributed by atoms with E-state index in [2.05, 4.69) is 20.3 Å². The maximum Gasteiger partial charge on any atom is 0.345 e. The molecule has 0 unspecified atom stereocenters. The van der Waals surface area contributed by atoms with Gasteiger partial charge in [-0.3, -0.25) is 9.20 Å². The monoisotopic (exact) mass is 345 g/mol. The van der Waals surface area contributed by atoms with E-state index in [4.69, 9.17) is 0 Å². The quantitative estimate of drug-likeness (QED) is 0.753. The summed E-state index contributed by atoms with van der Waals surface area (Å²) in [5.74, 6) is -0.354. The van der Waals surface area contributed by atoms with E-state index < -0.39 is 5.69 Å². The van der Waals surface area contributed by atoms with Crippen LogP contribution in [0.15, 0.2) is 28.6 Å². The Balaban J connectivity index is 1.65. The molecule has 0 atom stereocenters. The average Bonchev–Trinajstić information content (AvgIpc) is 3.06. The smallest absolute Gasteiger partial charge is 0.345 e. The number of thiazole rings is 1. The van der Waals surface area contributed by atoms with Gasteiger partial charge in [-0.05, 0) is 6.07 Å². The van der Waals surface area contributed by atoms with Crippen LogP contribution >= 0.6 is 11.3 Å². The summed E-state index contributed by atoms with van der Waals surface area (Å²) in [4.78, 5) is 35.7. The van der Waals surface area contributed by atoms with E-state index >= 15 is 0 Å². The van der Waals surface area contributed by atoms with Gasteiger partial charge in [0.25, 0.3) is 5.91 Å². The molecule has 0 radical (unpaired) electrons. The molecule has 3 rings (SSSR count). The molecule has 3 aromatic heterocycles. The third-order valence-corrected chi connectivity index (χ3v) is 4.37. The standard InChI is InChI=1S/C16H19N5O2S/c1-16(2,3)12-8-11(19-14(23)20-12)13(22)17-5-4-10-9-21-6-7-24-15(21)18-10/h6-9H,4-5H2,1-3H3,(H,17,22)(H,19,20,23). The summed E-state index contributed by atoms with van der Waals surface area (Å²) >= 11 is 1.57. The van der Waals surface area contributed by atoms with Crippen LogP contribution in [0.1, 0.15) is 42.6 Å². The molecule has 0 bridgehead atoms. The van der Waals surface area contributed by atoms with E-state index in [1.54, 1.807) is 17.4 Å². The van der Waals surface area contributed by atoms with E-state index in [0.717, 1.165) is 10.7 Å². The van der Waals surface area contributed by atoms with Crippen molar-refractivity contribution in [1.29, 1.82) is 0 Å². The third kappa shape index (κ3) is 3.53. The second kappa shape index (κ2) is 6.20. The van der Waals surface area contributed by atoms with Crippen LogP contribution in [0.3, 0.4) is 0 Å². The van der Waals surface area contributed by atoms with Gasteiger partial charge >= 0.3 is 5.69 Å². The summed E-state index contributed by atoms with van der Waals surface area (Å²) in [5.41, 5.74) is 0.953. The SMILES string of the molecule is CC(C)(C)c1cc(C(=O)NCCc2cn3ccsc3n2)nc(=O)[nH]1. The van der Waals surface area contributed by atoms with Crippen molar-refractivity contribution in [3.05, 3.63) is 51.4 Å². The van der Waals surface area contributed by atoms with Gasteiger partial charge in [-0.1, -0.05) is 20.8 Å². The molecule has 0 aromatic carbocycles. The summed E-state index contributed by atoms with van der Waals surface area (Å²) in [6.45, 7) is 6.32. The molecule has 0 aliphatic carbocycles. The van der Waals surface area contributed by atoms with Crippen molar-refractivity contribution in [3.8, 4) is 0 Å². The number of hydrogen-bond donors (Lipinski definition) is 2. The molecule has 0 aliphatic heterocycles. The minimum atomic E-state index is -0.512. The first-order chi connectivity index (χ1) is 11.3. The van der Waals surface area contributed by atoms with Gasteiger partial charge in [0.05, 0.1) is 5.69 Å². The molecule has 1 amide bonds. The second-order valence-electron chi connectivity index (χ2n) is 6.57. The number of amides is 1. The predicted molar refractivity (Wildman–Crippen MR) is 92.7 cm³/mol. The molecule has 8 heteroatoms. The zero-order chi connectivity index (χ0) is 17.3. The van der Waals surface area contributed by atoms with Crippen molar-refractivity contribution in [3.63, 3.8) is 0 Å².